The average Bonchev–Trinajstić information content (AvgIpc) is 2.70. The van der Waals surface area contributed by atoms with Crippen LogP contribution in [0.5, 0.6) is 0 Å². The molecule has 0 aliphatic carbocycles. The van der Waals surface area contributed by atoms with E-state index in [1.54, 1.807) is 16.4 Å². The number of rotatable bonds is 4. The molecule has 1 heterocycles. The standard InChI is InChI=1S/C14H20N2O2S2/c1-10-7-16(8-11(10)2)20(17,18)9-12-5-3-4-6-13(12)14(15)19/h3-6,10-11H,7-9H2,1-2H3,(H2,15,19). The number of benzene rings is 1. The fourth-order valence-corrected chi connectivity index (χ4v) is 4.43. The van der Waals surface area contributed by atoms with Gasteiger partial charge in [0.05, 0.1) is 5.75 Å². The Morgan fingerprint density at radius 1 is 1.30 bits per heavy atom. The molecule has 1 aromatic carbocycles. The van der Waals surface area contributed by atoms with E-state index in [2.05, 4.69) is 13.8 Å². The highest BCUT2D eigenvalue weighted by atomic mass is 32.2. The van der Waals surface area contributed by atoms with Crippen molar-refractivity contribution in [3.63, 3.8) is 0 Å². The Hall–Kier alpha value is -0.980. The number of nitrogens with zero attached hydrogens (tertiary/aromatic N) is 1. The van der Waals surface area contributed by atoms with Crippen molar-refractivity contribution in [1.82, 2.24) is 4.31 Å². The van der Waals surface area contributed by atoms with Crippen LogP contribution in [0.2, 0.25) is 0 Å². The maximum Gasteiger partial charge on any atom is 0.218 e. The van der Waals surface area contributed by atoms with E-state index in [1.165, 1.54) is 0 Å². The van der Waals surface area contributed by atoms with Gasteiger partial charge in [0.1, 0.15) is 4.99 Å². The predicted molar refractivity (Wildman–Crippen MR) is 84.9 cm³/mol. The van der Waals surface area contributed by atoms with Gasteiger partial charge in [-0.1, -0.05) is 50.3 Å². The molecule has 20 heavy (non-hydrogen) atoms. The van der Waals surface area contributed by atoms with Crippen molar-refractivity contribution in [3.05, 3.63) is 35.4 Å². The Bertz CT molecular complexity index is 603. The van der Waals surface area contributed by atoms with Gasteiger partial charge in [-0.3, -0.25) is 0 Å². The van der Waals surface area contributed by atoms with Crippen molar-refractivity contribution >= 4 is 27.2 Å². The van der Waals surface area contributed by atoms with Crippen molar-refractivity contribution < 1.29 is 8.42 Å². The van der Waals surface area contributed by atoms with Gasteiger partial charge < -0.3 is 5.73 Å². The molecule has 0 amide bonds. The molecule has 6 heteroatoms. The molecule has 4 nitrogen and oxygen atoms in total. The molecule has 0 saturated carbocycles. The molecule has 1 saturated heterocycles. The number of hydrogen-bond acceptors (Lipinski definition) is 3. The first-order chi connectivity index (χ1) is 9.31. The summed E-state index contributed by atoms with van der Waals surface area (Å²) in [6.07, 6.45) is 0. The molecule has 1 aliphatic rings. The van der Waals surface area contributed by atoms with Crippen molar-refractivity contribution in [2.45, 2.75) is 19.6 Å². The van der Waals surface area contributed by atoms with Gasteiger partial charge >= 0.3 is 0 Å². The largest absolute Gasteiger partial charge is 0.389 e. The molecule has 2 atom stereocenters. The molecule has 0 spiro atoms. The third kappa shape index (κ3) is 3.19. The van der Waals surface area contributed by atoms with Crippen LogP contribution < -0.4 is 5.73 Å². The molecule has 110 valence electrons. The quantitative estimate of drug-likeness (QED) is 0.860. The van der Waals surface area contributed by atoms with Gasteiger partial charge in [-0.15, -0.1) is 0 Å². The first-order valence-electron chi connectivity index (χ1n) is 6.67. The molecule has 2 rings (SSSR count). The summed E-state index contributed by atoms with van der Waals surface area (Å²) in [6.45, 7) is 5.36. The first kappa shape index (κ1) is 15.4. The van der Waals surface area contributed by atoms with Crippen LogP contribution in [0.4, 0.5) is 0 Å². The van der Waals surface area contributed by atoms with Gasteiger partial charge in [-0.2, -0.15) is 0 Å². The summed E-state index contributed by atoms with van der Waals surface area (Å²) in [5, 5.41) is 0. The van der Waals surface area contributed by atoms with Gasteiger partial charge in [0, 0.05) is 18.7 Å². The fourth-order valence-electron chi connectivity index (χ4n) is 2.48. The van der Waals surface area contributed by atoms with Crippen LogP contribution in [-0.4, -0.2) is 30.8 Å². The lowest BCUT2D eigenvalue weighted by atomic mass is 10.0. The zero-order valence-corrected chi connectivity index (χ0v) is 13.4. The minimum absolute atomic E-state index is 0.0417. The Morgan fingerprint density at radius 2 is 1.85 bits per heavy atom. The molecule has 2 N–H and O–H groups in total. The molecule has 1 fully saturated rings. The van der Waals surface area contributed by atoms with Gasteiger partial charge in [-0.05, 0) is 17.4 Å². The van der Waals surface area contributed by atoms with Crippen molar-refractivity contribution in [2.75, 3.05) is 13.1 Å². The second-order valence-corrected chi connectivity index (χ2v) is 7.96. The van der Waals surface area contributed by atoms with Crippen molar-refractivity contribution in [1.29, 1.82) is 0 Å². The van der Waals surface area contributed by atoms with Crippen LogP contribution in [0.25, 0.3) is 0 Å². The lowest BCUT2D eigenvalue weighted by Gasteiger charge is -2.17. The van der Waals surface area contributed by atoms with Crippen LogP contribution in [-0.2, 0) is 15.8 Å². The predicted octanol–water partition coefficient (Wildman–Crippen LogP) is 1.74. The topological polar surface area (TPSA) is 63.4 Å². The highest BCUT2D eigenvalue weighted by Crippen LogP contribution is 2.26. The van der Waals surface area contributed by atoms with Crippen LogP contribution >= 0.6 is 12.2 Å². The minimum atomic E-state index is -3.32. The summed E-state index contributed by atoms with van der Waals surface area (Å²) in [4.78, 5) is 0.235. The highest BCUT2D eigenvalue weighted by Gasteiger charge is 2.34. The SMILES string of the molecule is CC1CN(S(=O)(=O)Cc2ccccc2C(N)=S)CC1C. The summed E-state index contributed by atoms with van der Waals surface area (Å²) in [5.41, 5.74) is 6.97. The van der Waals surface area contributed by atoms with Crippen molar-refractivity contribution in [3.8, 4) is 0 Å². The molecule has 0 bridgehead atoms. The number of thiocarbonyl (C=S) groups is 1. The van der Waals surface area contributed by atoms with Gasteiger partial charge in [0.15, 0.2) is 0 Å². The molecule has 1 aromatic rings. The Labute approximate surface area is 126 Å². The highest BCUT2D eigenvalue weighted by molar-refractivity contribution is 7.88. The average molecular weight is 312 g/mol. The summed E-state index contributed by atoms with van der Waals surface area (Å²) in [7, 11) is -3.32. The van der Waals surface area contributed by atoms with E-state index >= 15 is 0 Å². The summed E-state index contributed by atoms with van der Waals surface area (Å²) < 4.78 is 26.6. The first-order valence-corrected chi connectivity index (χ1v) is 8.68. The second kappa shape index (κ2) is 5.79. The van der Waals surface area contributed by atoms with Crippen LogP contribution in [0.1, 0.15) is 25.0 Å². The number of nitrogens with two attached hydrogens (primary N) is 1. The zero-order chi connectivity index (χ0) is 14.9. The molecule has 2 unspecified atom stereocenters. The fraction of sp³-hybridized carbons (Fsp3) is 0.500. The Balaban J connectivity index is 2.24. The van der Waals surface area contributed by atoms with Gasteiger partial charge in [0.25, 0.3) is 0 Å². The normalized spacial score (nSPS) is 23.9. The molecular weight excluding hydrogens is 292 g/mol. The van der Waals surface area contributed by atoms with Crippen LogP contribution in [0, 0.1) is 11.8 Å². The minimum Gasteiger partial charge on any atom is -0.389 e. The molecule has 1 aliphatic heterocycles. The lowest BCUT2D eigenvalue weighted by Crippen LogP contribution is -2.30. The lowest BCUT2D eigenvalue weighted by molar-refractivity contribution is 0.462. The van der Waals surface area contributed by atoms with E-state index in [1.807, 2.05) is 12.1 Å². The molecular formula is C14H20N2O2S2. The van der Waals surface area contributed by atoms with Gasteiger partial charge in [-0.25, -0.2) is 12.7 Å². The van der Waals surface area contributed by atoms with Gasteiger partial charge in [0.2, 0.25) is 10.0 Å². The third-order valence-electron chi connectivity index (χ3n) is 3.97. The monoisotopic (exact) mass is 312 g/mol. The van der Waals surface area contributed by atoms with E-state index in [0.717, 1.165) is 0 Å². The van der Waals surface area contributed by atoms with Crippen LogP contribution in [0.15, 0.2) is 24.3 Å². The Kier molecular flexibility index (Phi) is 4.46. The van der Waals surface area contributed by atoms with E-state index in [4.69, 9.17) is 18.0 Å². The van der Waals surface area contributed by atoms with E-state index < -0.39 is 10.0 Å². The molecule has 0 aromatic heterocycles. The zero-order valence-electron chi connectivity index (χ0n) is 11.7. The maximum atomic E-state index is 12.5. The van der Waals surface area contributed by atoms with E-state index in [-0.39, 0.29) is 10.7 Å². The maximum absolute atomic E-state index is 12.5. The second-order valence-electron chi connectivity index (χ2n) is 5.55. The van der Waals surface area contributed by atoms with E-state index in [0.29, 0.717) is 36.1 Å². The summed E-state index contributed by atoms with van der Waals surface area (Å²) in [5.74, 6) is 0.756. The van der Waals surface area contributed by atoms with Crippen molar-refractivity contribution in [2.24, 2.45) is 17.6 Å². The third-order valence-corrected chi connectivity index (χ3v) is 5.95. The van der Waals surface area contributed by atoms with Crippen LogP contribution in [0.3, 0.4) is 0 Å². The smallest absolute Gasteiger partial charge is 0.218 e. The Morgan fingerprint density at radius 3 is 2.40 bits per heavy atom. The summed E-state index contributed by atoms with van der Waals surface area (Å²) in [6, 6.07) is 7.16. The van der Waals surface area contributed by atoms with E-state index in [9.17, 15) is 8.42 Å². The number of sulfonamides is 1. The summed E-state index contributed by atoms with van der Waals surface area (Å²) >= 11 is 4.98. The number of hydrogen-bond donors (Lipinski definition) is 1. The molecule has 0 radical (unpaired) electrons.